The molecular weight excluding hydrogens is 392 g/mol. The Morgan fingerprint density at radius 1 is 0.903 bits per heavy atom. The van der Waals surface area contributed by atoms with Gasteiger partial charge in [0.2, 0.25) is 17.8 Å². The summed E-state index contributed by atoms with van der Waals surface area (Å²) in [7, 11) is 6.10. The molecule has 2 saturated heterocycles. The lowest BCUT2D eigenvalue weighted by Gasteiger charge is -2.23. The molecule has 9 nitrogen and oxygen atoms in total. The second kappa shape index (κ2) is 11.8. The maximum Gasteiger partial charge on any atom is 0.231 e. The Kier molecular flexibility index (Phi) is 9.10. The first kappa shape index (κ1) is 23.9. The normalized spacial score (nSPS) is 21.6. The third kappa shape index (κ3) is 6.89. The number of ether oxygens (including phenoxy) is 1. The summed E-state index contributed by atoms with van der Waals surface area (Å²) >= 11 is 0. The van der Waals surface area contributed by atoms with Crippen molar-refractivity contribution in [1.82, 2.24) is 24.8 Å². The van der Waals surface area contributed by atoms with E-state index in [2.05, 4.69) is 52.9 Å². The van der Waals surface area contributed by atoms with Gasteiger partial charge in [0.15, 0.2) is 0 Å². The minimum Gasteiger partial charge on any atom is -0.383 e. The molecule has 0 amide bonds. The van der Waals surface area contributed by atoms with Crippen LogP contribution in [0, 0.1) is 11.8 Å². The summed E-state index contributed by atoms with van der Waals surface area (Å²) in [6, 6.07) is 0. The first-order valence-corrected chi connectivity index (χ1v) is 11.9. The van der Waals surface area contributed by atoms with Gasteiger partial charge in [-0.1, -0.05) is 13.8 Å². The molecular formula is C22H42N8O. The molecule has 1 aromatic heterocycles. The van der Waals surface area contributed by atoms with E-state index in [1.54, 1.807) is 7.11 Å². The number of anilines is 3. The van der Waals surface area contributed by atoms with Crippen LogP contribution >= 0.6 is 0 Å². The van der Waals surface area contributed by atoms with Crippen molar-refractivity contribution in [3.63, 3.8) is 0 Å². The number of hydrogen-bond acceptors (Lipinski definition) is 9. The number of rotatable bonds is 12. The topological polar surface area (TPSA) is 72.9 Å². The summed E-state index contributed by atoms with van der Waals surface area (Å²) in [5.41, 5.74) is 0. The number of aromatic nitrogens is 3. The van der Waals surface area contributed by atoms with Gasteiger partial charge in [0.05, 0.1) is 6.61 Å². The van der Waals surface area contributed by atoms with Gasteiger partial charge in [0.25, 0.3) is 0 Å². The van der Waals surface area contributed by atoms with Crippen LogP contribution in [0.4, 0.5) is 17.8 Å². The summed E-state index contributed by atoms with van der Waals surface area (Å²) < 4.78 is 5.18. The lowest BCUT2D eigenvalue weighted by Crippen LogP contribution is -2.31. The van der Waals surface area contributed by atoms with Crippen LogP contribution in [0.1, 0.15) is 26.7 Å². The minimum absolute atomic E-state index is 0.626. The van der Waals surface area contributed by atoms with Crippen LogP contribution in [0.2, 0.25) is 0 Å². The standard InChI is InChI=1S/C22H42N8O/c1-6-27(3)14-18-8-11-29(16-18)21-24-20(23-10-13-31-5)25-22(26-21)30-12-9-19(17-30)15-28(4)7-2/h18-19H,6-17H2,1-5H3,(H,23,24,25,26)/t18-,19+. The van der Waals surface area contributed by atoms with Crippen molar-refractivity contribution in [2.45, 2.75) is 26.7 Å². The average Bonchev–Trinajstić information content (AvgIpc) is 3.43. The summed E-state index contributed by atoms with van der Waals surface area (Å²) in [5, 5.41) is 3.32. The zero-order chi connectivity index (χ0) is 22.2. The molecule has 1 aromatic rings. The van der Waals surface area contributed by atoms with E-state index >= 15 is 0 Å². The first-order valence-electron chi connectivity index (χ1n) is 11.9. The van der Waals surface area contributed by atoms with E-state index in [0.29, 0.717) is 30.9 Å². The van der Waals surface area contributed by atoms with E-state index in [0.717, 1.165) is 64.3 Å². The van der Waals surface area contributed by atoms with E-state index in [1.165, 1.54) is 12.8 Å². The van der Waals surface area contributed by atoms with Crippen LogP contribution in [0.25, 0.3) is 0 Å². The molecule has 3 heterocycles. The van der Waals surface area contributed by atoms with Crippen molar-refractivity contribution in [3.05, 3.63) is 0 Å². The Morgan fingerprint density at radius 3 is 1.87 bits per heavy atom. The highest BCUT2D eigenvalue weighted by Crippen LogP contribution is 2.27. The van der Waals surface area contributed by atoms with Crippen LogP contribution in [0.15, 0.2) is 0 Å². The third-order valence-corrected chi connectivity index (χ3v) is 6.56. The van der Waals surface area contributed by atoms with Crippen molar-refractivity contribution in [3.8, 4) is 0 Å². The molecule has 176 valence electrons. The van der Waals surface area contributed by atoms with Crippen LogP contribution < -0.4 is 15.1 Å². The van der Waals surface area contributed by atoms with Crippen LogP contribution in [0.3, 0.4) is 0 Å². The fourth-order valence-electron chi connectivity index (χ4n) is 4.45. The molecule has 9 heteroatoms. The van der Waals surface area contributed by atoms with Gasteiger partial charge in [-0.05, 0) is 51.9 Å². The molecule has 31 heavy (non-hydrogen) atoms. The third-order valence-electron chi connectivity index (χ3n) is 6.56. The lowest BCUT2D eigenvalue weighted by atomic mass is 10.1. The molecule has 0 radical (unpaired) electrons. The Hall–Kier alpha value is -1.71. The first-order chi connectivity index (χ1) is 15.0. The molecule has 0 unspecified atom stereocenters. The predicted molar refractivity (Wildman–Crippen MR) is 127 cm³/mol. The number of methoxy groups -OCH3 is 1. The zero-order valence-corrected chi connectivity index (χ0v) is 20.2. The maximum atomic E-state index is 5.18. The molecule has 0 saturated carbocycles. The fraction of sp³-hybridized carbons (Fsp3) is 0.864. The van der Waals surface area contributed by atoms with Crippen molar-refractivity contribution in [2.75, 3.05) is 102 Å². The van der Waals surface area contributed by atoms with E-state index in [-0.39, 0.29) is 0 Å². The van der Waals surface area contributed by atoms with Crippen LogP contribution in [0.5, 0.6) is 0 Å². The minimum atomic E-state index is 0.626. The fourth-order valence-corrected chi connectivity index (χ4v) is 4.45. The molecule has 0 aromatic carbocycles. The highest BCUT2D eigenvalue weighted by molar-refractivity contribution is 5.46. The maximum absolute atomic E-state index is 5.18. The molecule has 0 bridgehead atoms. The van der Waals surface area contributed by atoms with Gasteiger partial charge in [-0.15, -0.1) is 0 Å². The Bertz CT molecular complexity index is 627. The van der Waals surface area contributed by atoms with E-state index in [9.17, 15) is 0 Å². The van der Waals surface area contributed by atoms with E-state index in [4.69, 9.17) is 19.7 Å². The Morgan fingerprint density at radius 2 is 1.42 bits per heavy atom. The Balaban J connectivity index is 1.71. The Labute approximate surface area is 188 Å². The van der Waals surface area contributed by atoms with Gasteiger partial charge in [-0.25, -0.2) is 0 Å². The molecule has 0 aliphatic carbocycles. The van der Waals surface area contributed by atoms with Gasteiger partial charge in [0.1, 0.15) is 0 Å². The number of nitrogens with zero attached hydrogens (tertiary/aromatic N) is 7. The molecule has 2 aliphatic rings. The highest BCUT2D eigenvalue weighted by Gasteiger charge is 2.29. The molecule has 0 spiro atoms. The van der Waals surface area contributed by atoms with Crippen molar-refractivity contribution >= 4 is 17.8 Å². The zero-order valence-electron chi connectivity index (χ0n) is 20.2. The predicted octanol–water partition coefficient (Wildman–Crippen LogP) is 1.49. The van der Waals surface area contributed by atoms with Gasteiger partial charge >= 0.3 is 0 Å². The van der Waals surface area contributed by atoms with Crippen molar-refractivity contribution in [1.29, 1.82) is 0 Å². The molecule has 2 aliphatic heterocycles. The summed E-state index contributed by atoms with van der Waals surface area (Å²) in [4.78, 5) is 23.9. The monoisotopic (exact) mass is 434 g/mol. The van der Waals surface area contributed by atoms with Crippen molar-refractivity contribution < 1.29 is 4.74 Å². The van der Waals surface area contributed by atoms with Crippen molar-refractivity contribution in [2.24, 2.45) is 11.8 Å². The second-order valence-corrected chi connectivity index (χ2v) is 9.09. The van der Waals surface area contributed by atoms with Gasteiger partial charge in [-0.2, -0.15) is 15.0 Å². The van der Waals surface area contributed by atoms with Crippen LogP contribution in [-0.2, 0) is 4.74 Å². The number of nitrogens with one attached hydrogen (secondary N) is 1. The average molecular weight is 435 g/mol. The van der Waals surface area contributed by atoms with E-state index < -0.39 is 0 Å². The smallest absolute Gasteiger partial charge is 0.231 e. The quantitative estimate of drug-likeness (QED) is 0.493. The van der Waals surface area contributed by atoms with Crippen LogP contribution in [-0.4, -0.2) is 111 Å². The summed E-state index contributed by atoms with van der Waals surface area (Å²) in [5.74, 6) is 3.59. The highest BCUT2D eigenvalue weighted by atomic mass is 16.5. The number of hydrogen-bond donors (Lipinski definition) is 1. The lowest BCUT2D eigenvalue weighted by molar-refractivity contribution is 0.210. The molecule has 3 rings (SSSR count). The molecule has 1 N–H and O–H groups in total. The largest absolute Gasteiger partial charge is 0.383 e. The molecule has 2 atom stereocenters. The summed E-state index contributed by atoms with van der Waals surface area (Å²) in [6.07, 6.45) is 2.37. The second-order valence-electron chi connectivity index (χ2n) is 9.09. The van der Waals surface area contributed by atoms with Gasteiger partial charge in [0, 0.05) is 52.9 Å². The summed E-state index contributed by atoms with van der Waals surface area (Å²) in [6.45, 7) is 14.2. The van der Waals surface area contributed by atoms with Gasteiger partial charge in [-0.3, -0.25) is 0 Å². The molecule has 2 fully saturated rings. The SMILES string of the molecule is CCN(C)C[C@H]1CCN(c2nc(NCCOC)nc(N3CC[C@@H](CN(C)CC)C3)n2)C1. The van der Waals surface area contributed by atoms with E-state index in [1.807, 2.05) is 0 Å². The van der Waals surface area contributed by atoms with Gasteiger partial charge < -0.3 is 29.7 Å².